The molecule has 0 saturated heterocycles. The SMILES string of the molecule is CCNC(=O)Nc1nc2c(-n3cccn3)cc(-c3cc(C)c(CC)c(=O)[nH]3)cc2[nH]1. The monoisotopic (exact) mass is 405 g/mol. The number of benzene rings is 1. The van der Waals surface area contributed by atoms with Crippen LogP contribution in [0.3, 0.4) is 0 Å². The Morgan fingerprint density at radius 2 is 2.03 bits per heavy atom. The number of urea groups is 1. The van der Waals surface area contributed by atoms with Gasteiger partial charge in [0.1, 0.15) is 5.52 Å². The molecular formula is C21H23N7O2. The molecule has 0 aliphatic carbocycles. The summed E-state index contributed by atoms with van der Waals surface area (Å²) in [6.45, 7) is 6.25. The number of pyridine rings is 1. The van der Waals surface area contributed by atoms with Gasteiger partial charge in [-0.05, 0) is 50.1 Å². The lowest BCUT2D eigenvalue weighted by Gasteiger charge is -2.10. The van der Waals surface area contributed by atoms with Crippen LogP contribution in [0.25, 0.3) is 28.0 Å². The molecule has 3 aromatic heterocycles. The third-order valence-electron chi connectivity index (χ3n) is 4.91. The van der Waals surface area contributed by atoms with Crippen molar-refractivity contribution >= 4 is 23.0 Å². The van der Waals surface area contributed by atoms with E-state index in [-0.39, 0.29) is 11.6 Å². The Kier molecular flexibility index (Phi) is 5.09. The number of aromatic amines is 2. The average molecular weight is 405 g/mol. The number of H-pyrrole nitrogens is 2. The van der Waals surface area contributed by atoms with Crippen molar-refractivity contribution in [2.24, 2.45) is 0 Å². The first-order valence-corrected chi connectivity index (χ1v) is 9.82. The van der Waals surface area contributed by atoms with Gasteiger partial charge in [-0.2, -0.15) is 5.10 Å². The maximum atomic E-state index is 12.5. The van der Waals surface area contributed by atoms with Gasteiger partial charge in [-0.25, -0.2) is 14.5 Å². The van der Waals surface area contributed by atoms with Gasteiger partial charge in [-0.3, -0.25) is 10.1 Å². The second-order valence-electron chi connectivity index (χ2n) is 6.94. The van der Waals surface area contributed by atoms with Crippen molar-refractivity contribution in [2.45, 2.75) is 27.2 Å². The lowest BCUT2D eigenvalue weighted by atomic mass is 10.0. The van der Waals surface area contributed by atoms with E-state index in [1.165, 1.54) is 0 Å². The van der Waals surface area contributed by atoms with Crippen LogP contribution in [0.4, 0.5) is 10.7 Å². The van der Waals surface area contributed by atoms with Crippen LogP contribution in [0, 0.1) is 6.92 Å². The maximum absolute atomic E-state index is 12.5. The largest absolute Gasteiger partial charge is 0.338 e. The molecular weight excluding hydrogens is 382 g/mol. The first kappa shape index (κ1) is 19.4. The first-order chi connectivity index (χ1) is 14.5. The van der Waals surface area contributed by atoms with Gasteiger partial charge in [0.2, 0.25) is 5.95 Å². The fraction of sp³-hybridized carbons (Fsp3) is 0.238. The van der Waals surface area contributed by atoms with Gasteiger partial charge in [0.25, 0.3) is 5.56 Å². The van der Waals surface area contributed by atoms with Crippen LogP contribution in [-0.4, -0.2) is 37.3 Å². The van der Waals surface area contributed by atoms with E-state index in [9.17, 15) is 9.59 Å². The van der Waals surface area contributed by atoms with Crippen molar-refractivity contribution in [3.63, 3.8) is 0 Å². The number of rotatable bonds is 5. The Balaban J connectivity index is 1.88. The number of carbonyl (C=O) groups excluding carboxylic acids is 1. The minimum atomic E-state index is -0.340. The fourth-order valence-corrected chi connectivity index (χ4v) is 3.52. The molecule has 0 atom stereocenters. The molecule has 4 rings (SSSR count). The van der Waals surface area contributed by atoms with E-state index in [0.29, 0.717) is 35.6 Å². The van der Waals surface area contributed by atoms with Gasteiger partial charge in [0.15, 0.2) is 0 Å². The van der Waals surface area contributed by atoms with Crippen molar-refractivity contribution in [1.29, 1.82) is 0 Å². The second-order valence-corrected chi connectivity index (χ2v) is 6.94. The van der Waals surface area contributed by atoms with Crippen LogP contribution >= 0.6 is 0 Å². The molecule has 0 aliphatic heterocycles. The summed E-state index contributed by atoms with van der Waals surface area (Å²) in [5.41, 5.74) is 5.24. The quantitative estimate of drug-likeness (QED) is 0.408. The molecule has 4 aromatic rings. The number of nitrogens with zero attached hydrogens (tertiary/aromatic N) is 3. The highest BCUT2D eigenvalue weighted by Crippen LogP contribution is 2.29. The first-order valence-electron chi connectivity index (χ1n) is 9.82. The summed E-state index contributed by atoms with van der Waals surface area (Å²) in [6.07, 6.45) is 4.17. The number of anilines is 1. The van der Waals surface area contributed by atoms with Gasteiger partial charge in [-0.15, -0.1) is 0 Å². The van der Waals surface area contributed by atoms with Crippen molar-refractivity contribution in [3.05, 3.63) is 58.1 Å². The summed E-state index contributed by atoms with van der Waals surface area (Å²) in [7, 11) is 0. The minimum absolute atomic E-state index is 0.0866. The highest BCUT2D eigenvalue weighted by molar-refractivity contribution is 5.94. The van der Waals surface area contributed by atoms with Crippen molar-refractivity contribution in [1.82, 2.24) is 30.0 Å². The third-order valence-corrected chi connectivity index (χ3v) is 4.91. The number of amides is 2. The van der Waals surface area contributed by atoms with Gasteiger partial charge in [0, 0.05) is 35.8 Å². The lowest BCUT2D eigenvalue weighted by Crippen LogP contribution is -2.28. The van der Waals surface area contributed by atoms with E-state index in [4.69, 9.17) is 0 Å². The summed E-state index contributed by atoms with van der Waals surface area (Å²) in [4.78, 5) is 35.0. The van der Waals surface area contributed by atoms with Gasteiger partial charge >= 0.3 is 6.03 Å². The molecule has 0 spiro atoms. The highest BCUT2D eigenvalue weighted by Gasteiger charge is 2.15. The number of nitrogens with one attached hydrogen (secondary N) is 4. The standard InChI is InChI=1S/C21H23N7O2/c1-4-14-12(3)9-15(24-19(14)29)13-10-16-18(17(11-13)28-8-6-7-23-28)26-20(25-16)27-21(30)22-5-2/h6-11H,4-5H2,1-3H3,(H,24,29)(H3,22,25,26,27,30). The number of hydrogen-bond acceptors (Lipinski definition) is 4. The van der Waals surface area contributed by atoms with Crippen LogP contribution in [0.1, 0.15) is 25.0 Å². The van der Waals surface area contributed by atoms with E-state index < -0.39 is 0 Å². The summed E-state index contributed by atoms with van der Waals surface area (Å²) in [5.74, 6) is 0.326. The summed E-state index contributed by atoms with van der Waals surface area (Å²) >= 11 is 0. The molecule has 0 saturated carbocycles. The Bertz CT molecular complexity index is 1270. The molecule has 0 fully saturated rings. The molecule has 3 heterocycles. The van der Waals surface area contributed by atoms with Gasteiger partial charge in [0.05, 0.1) is 11.2 Å². The van der Waals surface area contributed by atoms with E-state index >= 15 is 0 Å². The lowest BCUT2D eigenvalue weighted by molar-refractivity contribution is 0.252. The normalized spacial score (nSPS) is 11.0. The van der Waals surface area contributed by atoms with Gasteiger partial charge < -0.3 is 15.3 Å². The summed E-state index contributed by atoms with van der Waals surface area (Å²) in [6, 6.07) is 7.27. The molecule has 0 bridgehead atoms. The predicted octanol–water partition coefficient (Wildman–Crippen LogP) is 3.12. The van der Waals surface area contributed by atoms with E-state index in [2.05, 4.69) is 30.7 Å². The van der Waals surface area contributed by atoms with E-state index in [1.54, 1.807) is 10.9 Å². The number of aromatic nitrogens is 5. The number of hydrogen-bond donors (Lipinski definition) is 4. The van der Waals surface area contributed by atoms with Crippen LogP contribution in [0.2, 0.25) is 0 Å². The van der Waals surface area contributed by atoms with Crippen molar-refractivity contribution in [2.75, 3.05) is 11.9 Å². The predicted molar refractivity (Wildman–Crippen MR) is 116 cm³/mol. The van der Waals surface area contributed by atoms with Crippen molar-refractivity contribution < 1.29 is 4.79 Å². The van der Waals surface area contributed by atoms with Crippen LogP contribution in [-0.2, 0) is 6.42 Å². The number of carbonyl (C=O) groups is 1. The zero-order valence-electron chi connectivity index (χ0n) is 17.0. The van der Waals surface area contributed by atoms with Gasteiger partial charge in [-0.1, -0.05) is 6.92 Å². The maximum Gasteiger partial charge on any atom is 0.321 e. The Hall–Kier alpha value is -3.88. The summed E-state index contributed by atoms with van der Waals surface area (Å²) in [5, 5.41) is 9.69. The molecule has 154 valence electrons. The molecule has 9 nitrogen and oxygen atoms in total. The minimum Gasteiger partial charge on any atom is -0.338 e. The van der Waals surface area contributed by atoms with Crippen LogP contribution in [0.5, 0.6) is 0 Å². The molecule has 0 unspecified atom stereocenters. The molecule has 1 aromatic carbocycles. The number of fused-ring (bicyclic) bond motifs is 1. The Labute approximate surface area is 172 Å². The molecule has 2 amide bonds. The summed E-state index contributed by atoms with van der Waals surface area (Å²) < 4.78 is 1.70. The van der Waals surface area contributed by atoms with E-state index in [0.717, 1.165) is 22.4 Å². The number of imidazole rings is 1. The second kappa shape index (κ2) is 7.86. The zero-order chi connectivity index (χ0) is 21.3. The smallest absolute Gasteiger partial charge is 0.321 e. The Morgan fingerprint density at radius 3 is 2.70 bits per heavy atom. The number of aryl methyl sites for hydroxylation is 1. The van der Waals surface area contributed by atoms with Crippen molar-refractivity contribution in [3.8, 4) is 16.9 Å². The Morgan fingerprint density at radius 1 is 1.20 bits per heavy atom. The highest BCUT2D eigenvalue weighted by atomic mass is 16.2. The molecule has 30 heavy (non-hydrogen) atoms. The molecule has 0 aliphatic rings. The van der Waals surface area contributed by atoms with Crippen LogP contribution in [0.15, 0.2) is 41.5 Å². The molecule has 0 radical (unpaired) electrons. The topological polar surface area (TPSA) is 120 Å². The third kappa shape index (κ3) is 3.57. The average Bonchev–Trinajstić information content (AvgIpc) is 3.36. The van der Waals surface area contributed by atoms with Crippen LogP contribution < -0.4 is 16.2 Å². The molecule has 9 heteroatoms. The van der Waals surface area contributed by atoms with E-state index in [1.807, 2.05) is 51.2 Å². The fourth-order valence-electron chi connectivity index (χ4n) is 3.52. The zero-order valence-corrected chi connectivity index (χ0v) is 17.0. The molecule has 4 N–H and O–H groups in total.